The van der Waals surface area contributed by atoms with Gasteiger partial charge < -0.3 is 15.4 Å². The molecule has 0 radical (unpaired) electrons. The van der Waals surface area contributed by atoms with Crippen molar-refractivity contribution in [3.05, 3.63) is 60.3 Å². The maximum atomic E-state index is 13.7. The summed E-state index contributed by atoms with van der Waals surface area (Å²) in [5.41, 5.74) is 0.763. The van der Waals surface area contributed by atoms with Crippen molar-refractivity contribution in [3.63, 3.8) is 0 Å². The molecule has 0 spiro atoms. The van der Waals surface area contributed by atoms with Crippen molar-refractivity contribution in [1.29, 1.82) is 0 Å². The number of aromatic nitrogens is 3. The number of para-hydroxylation sites is 2. The van der Waals surface area contributed by atoms with Crippen molar-refractivity contribution in [2.75, 3.05) is 17.2 Å². The topological polar surface area (TPSA) is 72.0 Å². The fraction of sp³-hybridized carbons (Fsp3) is 0.118. The molecule has 0 saturated carbocycles. The number of nitrogens with one attached hydrogen (secondary N) is 2. The zero-order valence-electron chi connectivity index (χ0n) is 13.3. The fourth-order valence-corrected chi connectivity index (χ4v) is 2.12. The molecule has 0 atom stereocenters. The van der Waals surface area contributed by atoms with Crippen molar-refractivity contribution >= 4 is 23.1 Å². The molecule has 8 heteroatoms. The number of hydrogen-bond acceptors (Lipinski definition) is 6. The van der Waals surface area contributed by atoms with Crippen LogP contribution in [0.15, 0.2) is 48.7 Å². The third-order valence-corrected chi connectivity index (χ3v) is 3.19. The van der Waals surface area contributed by atoms with Crippen LogP contribution in [-0.4, -0.2) is 21.8 Å². The SMILES string of the molecule is CCOc1ccccc1Nc1nncc(Nc2ccc(F)cc2F)n1. The van der Waals surface area contributed by atoms with E-state index in [0.717, 1.165) is 12.1 Å². The van der Waals surface area contributed by atoms with Gasteiger partial charge in [0.15, 0.2) is 5.82 Å². The lowest BCUT2D eigenvalue weighted by Gasteiger charge is -2.11. The lowest BCUT2D eigenvalue weighted by molar-refractivity contribution is 0.342. The molecule has 1 heterocycles. The summed E-state index contributed by atoms with van der Waals surface area (Å²) in [5, 5.41) is 13.5. The van der Waals surface area contributed by atoms with E-state index in [1.165, 1.54) is 12.3 Å². The van der Waals surface area contributed by atoms with Crippen LogP contribution in [0.2, 0.25) is 0 Å². The summed E-state index contributed by atoms with van der Waals surface area (Å²) < 4.78 is 32.2. The smallest absolute Gasteiger partial charge is 0.249 e. The van der Waals surface area contributed by atoms with Gasteiger partial charge >= 0.3 is 0 Å². The summed E-state index contributed by atoms with van der Waals surface area (Å²) in [4.78, 5) is 4.22. The highest BCUT2D eigenvalue weighted by molar-refractivity contribution is 5.63. The number of halogens is 2. The number of ether oxygens (including phenoxy) is 1. The summed E-state index contributed by atoms with van der Waals surface area (Å²) in [7, 11) is 0. The van der Waals surface area contributed by atoms with Gasteiger partial charge in [-0.05, 0) is 31.2 Å². The van der Waals surface area contributed by atoms with Crippen LogP contribution in [0.5, 0.6) is 5.75 Å². The van der Waals surface area contributed by atoms with Crippen molar-refractivity contribution in [2.45, 2.75) is 6.92 Å². The molecule has 25 heavy (non-hydrogen) atoms. The predicted octanol–water partition coefficient (Wildman–Crippen LogP) is 4.04. The Hall–Kier alpha value is -3.29. The van der Waals surface area contributed by atoms with E-state index in [0.29, 0.717) is 18.0 Å². The molecule has 6 nitrogen and oxygen atoms in total. The zero-order chi connectivity index (χ0) is 17.6. The molecule has 0 fully saturated rings. The van der Waals surface area contributed by atoms with Crippen LogP contribution in [0.25, 0.3) is 0 Å². The highest BCUT2D eigenvalue weighted by Crippen LogP contribution is 2.26. The normalized spacial score (nSPS) is 10.4. The van der Waals surface area contributed by atoms with E-state index in [4.69, 9.17) is 4.74 Å². The van der Waals surface area contributed by atoms with E-state index < -0.39 is 11.6 Å². The van der Waals surface area contributed by atoms with Gasteiger partial charge in [-0.15, -0.1) is 5.10 Å². The molecule has 1 aromatic heterocycles. The van der Waals surface area contributed by atoms with Crippen LogP contribution in [0, 0.1) is 11.6 Å². The molecular weight excluding hydrogens is 328 g/mol. The van der Waals surface area contributed by atoms with Gasteiger partial charge in [-0.25, -0.2) is 8.78 Å². The van der Waals surface area contributed by atoms with Gasteiger partial charge in [0.05, 0.1) is 24.2 Å². The monoisotopic (exact) mass is 343 g/mol. The maximum Gasteiger partial charge on any atom is 0.249 e. The second kappa shape index (κ2) is 7.52. The summed E-state index contributed by atoms with van der Waals surface area (Å²) in [6, 6.07) is 10.5. The van der Waals surface area contributed by atoms with Crippen LogP contribution in [-0.2, 0) is 0 Å². The molecule has 0 aliphatic carbocycles. The van der Waals surface area contributed by atoms with Gasteiger partial charge in [0.25, 0.3) is 0 Å². The molecule has 0 aliphatic rings. The Balaban J connectivity index is 1.80. The number of nitrogens with zero attached hydrogens (tertiary/aromatic N) is 3. The summed E-state index contributed by atoms with van der Waals surface area (Å²) in [6.07, 6.45) is 1.34. The first-order valence-electron chi connectivity index (χ1n) is 7.56. The van der Waals surface area contributed by atoms with Crippen molar-refractivity contribution in [3.8, 4) is 5.75 Å². The van der Waals surface area contributed by atoms with Gasteiger partial charge in [-0.2, -0.15) is 10.1 Å². The molecule has 0 saturated heterocycles. The van der Waals surface area contributed by atoms with Crippen molar-refractivity contribution in [2.24, 2.45) is 0 Å². The second-order valence-electron chi connectivity index (χ2n) is 4.97. The Labute approximate surface area is 142 Å². The average Bonchev–Trinajstić information content (AvgIpc) is 2.60. The molecule has 2 aromatic carbocycles. The largest absolute Gasteiger partial charge is 0.492 e. The Morgan fingerprint density at radius 3 is 2.68 bits per heavy atom. The fourth-order valence-electron chi connectivity index (χ4n) is 2.12. The maximum absolute atomic E-state index is 13.7. The number of benzene rings is 2. The minimum atomic E-state index is -0.727. The Kier molecular flexibility index (Phi) is 4.98. The summed E-state index contributed by atoms with van der Waals surface area (Å²) in [5.74, 6) is -0.262. The molecule has 3 rings (SSSR count). The molecule has 128 valence electrons. The van der Waals surface area contributed by atoms with E-state index in [1.807, 2.05) is 31.2 Å². The number of rotatable bonds is 6. The van der Waals surface area contributed by atoms with E-state index in [9.17, 15) is 8.78 Å². The third kappa shape index (κ3) is 4.17. The second-order valence-corrected chi connectivity index (χ2v) is 4.97. The first-order chi connectivity index (χ1) is 12.2. The molecule has 0 unspecified atom stereocenters. The van der Waals surface area contributed by atoms with Gasteiger partial charge in [0, 0.05) is 6.07 Å². The summed E-state index contributed by atoms with van der Waals surface area (Å²) in [6.45, 7) is 2.40. The zero-order valence-corrected chi connectivity index (χ0v) is 13.3. The summed E-state index contributed by atoms with van der Waals surface area (Å²) >= 11 is 0. The quantitative estimate of drug-likeness (QED) is 0.704. The van der Waals surface area contributed by atoms with Crippen molar-refractivity contribution in [1.82, 2.24) is 15.2 Å². The third-order valence-electron chi connectivity index (χ3n) is 3.19. The molecule has 2 N–H and O–H groups in total. The first-order valence-corrected chi connectivity index (χ1v) is 7.56. The molecule has 0 amide bonds. The minimum Gasteiger partial charge on any atom is -0.492 e. The highest BCUT2D eigenvalue weighted by Gasteiger charge is 2.08. The minimum absolute atomic E-state index is 0.0857. The molecular formula is C17H15F2N5O. The van der Waals surface area contributed by atoms with Crippen LogP contribution >= 0.6 is 0 Å². The number of hydrogen-bond donors (Lipinski definition) is 2. The molecule has 0 bridgehead atoms. The molecule has 3 aromatic rings. The Bertz CT molecular complexity index is 875. The average molecular weight is 343 g/mol. The van der Waals surface area contributed by atoms with Gasteiger partial charge in [0.2, 0.25) is 5.95 Å². The van der Waals surface area contributed by atoms with Crippen molar-refractivity contribution < 1.29 is 13.5 Å². The van der Waals surface area contributed by atoms with Crippen LogP contribution in [0.1, 0.15) is 6.92 Å². The van der Waals surface area contributed by atoms with E-state index in [2.05, 4.69) is 25.8 Å². The van der Waals surface area contributed by atoms with Crippen LogP contribution in [0.3, 0.4) is 0 Å². The lowest BCUT2D eigenvalue weighted by atomic mass is 10.3. The van der Waals surface area contributed by atoms with E-state index in [-0.39, 0.29) is 17.5 Å². The Morgan fingerprint density at radius 1 is 1.04 bits per heavy atom. The highest BCUT2D eigenvalue weighted by atomic mass is 19.1. The van der Waals surface area contributed by atoms with Gasteiger partial charge in [0.1, 0.15) is 17.4 Å². The van der Waals surface area contributed by atoms with E-state index in [1.54, 1.807) is 0 Å². The van der Waals surface area contributed by atoms with Crippen LogP contribution in [0.4, 0.5) is 31.9 Å². The van der Waals surface area contributed by atoms with Gasteiger partial charge in [-0.1, -0.05) is 12.1 Å². The van der Waals surface area contributed by atoms with Gasteiger partial charge in [-0.3, -0.25) is 0 Å². The molecule has 0 aliphatic heterocycles. The van der Waals surface area contributed by atoms with E-state index >= 15 is 0 Å². The standard InChI is InChI=1S/C17H15F2N5O/c1-2-25-15-6-4-3-5-14(15)22-17-23-16(10-20-24-17)21-13-8-7-11(18)9-12(13)19/h3-10H,2H2,1H3,(H2,21,22,23,24). The first kappa shape index (κ1) is 16.6. The Morgan fingerprint density at radius 2 is 1.88 bits per heavy atom. The predicted molar refractivity (Wildman–Crippen MR) is 90.4 cm³/mol. The number of anilines is 4. The van der Waals surface area contributed by atoms with Crippen LogP contribution < -0.4 is 15.4 Å². The lowest BCUT2D eigenvalue weighted by Crippen LogP contribution is -2.04.